The number of carboxylic acid groups (broad SMARTS) is 3. The molecule has 0 saturated carbocycles. The van der Waals surface area contributed by atoms with Crippen molar-refractivity contribution in [2.45, 2.75) is 218 Å². The van der Waals surface area contributed by atoms with Gasteiger partial charge in [-0.1, -0.05) is 117 Å². The molecule has 0 aromatic rings. The summed E-state index contributed by atoms with van der Waals surface area (Å²) in [5.41, 5.74) is 0. The minimum atomic E-state index is -0.916. The van der Waals surface area contributed by atoms with Gasteiger partial charge in [0.05, 0.1) is 0 Å². The molecule has 0 unspecified atom stereocenters. The molecule has 0 amide bonds. The van der Waals surface area contributed by atoms with Gasteiger partial charge in [0, 0.05) is 17.9 Å². The van der Waals surface area contributed by atoms with Crippen molar-refractivity contribution >= 4 is 40.4 Å². The summed E-state index contributed by atoms with van der Waals surface area (Å²) in [4.78, 5) is 29.9. The van der Waals surface area contributed by atoms with Crippen LogP contribution in [-0.2, 0) is 14.4 Å². The Morgan fingerprint density at radius 1 is 0.341 bits per heavy atom. The molecule has 0 atom stereocenters. The van der Waals surface area contributed by atoms with E-state index < -0.39 is 17.9 Å². The van der Waals surface area contributed by atoms with Crippen LogP contribution in [0, 0.1) is 0 Å². The molecule has 0 aliphatic carbocycles. The summed E-state index contributed by atoms with van der Waals surface area (Å²) in [5, 5.41) is 29.9. The first-order valence-electron chi connectivity index (χ1n) is 18.5. The van der Waals surface area contributed by atoms with E-state index in [0.717, 1.165) is 38.5 Å². The van der Waals surface area contributed by atoms with Crippen LogP contribution in [0.15, 0.2) is 0 Å². The average Bonchev–Trinajstić information content (AvgIpc) is 2.99. The molecule has 0 saturated heterocycles. The van der Waals surface area contributed by atoms with E-state index >= 15 is 0 Å². The number of carbonyl (C=O) groups is 3. The molecule has 7 heteroatoms. The van der Waals surface area contributed by atoms with E-state index in [1.165, 1.54) is 133 Å². The van der Waals surface area contributed by atoms with E-state index in [4.69, 9.17) is 0 Å². The van der Waals surface area contributed by atoms with Gasteiger partial charge in [0.1, 0.15) is 0 Å². The van der Waals surface area contributed by atoms with Gasteiger partial charge in [0.2, 0.25) is 0 Å². The molecule has 0 fully saturated rings. The van der Waals surface area contributed by atoms with Crippen LogP contribution in [0.5, 0.6) is 0 Å². The number of hydrogen-bond acceptors (Lipinski definition) is 6. The Bertz CT molecular complexity index is 486. The van der Waals surface area contributed by atoms with Gasteiger partial charge in [-0.25, -0.2) is 0 Å². The van der Waals surface area contributed by atoms with Crippen molar-refractivity contribution in [1.29, 1.82) is 0 Å². The minimum absolute atomic E-state index is 0.228. The summed E-state index contributed by atoms with van der Waals surface area (Å²) in [5.74, 6) is -2.75. The molecule has 44 heavy (non-hydrogen) atoms. The molecular weight excluding hydrogens is 659 g/mol. The number of unbranched alkanes of at least 4 members (excludes halogenated alkanes) is 22. The summed E-state index contributed by atoms with van der Waals surface area (Å²) in [6.45, 7) is 8.78. The van der Waals surface area contributed by atoms with Crippen molar-refractivity contribution in [3.8, 4) is 0 Å². The van der Waals surface area contributed by atoms with Crippen LogP contribution in [0.25, 0.3) is 0 Å². The zero-order valence-electron chi connectivity index (χ0n) is 29.7. The molecule has 0 aliphatic rings. The molecule has 0 spiro atoms. The van der Waals surface area contributed by atoms with Crippen molar-refractivity contribution in [3.63, 3.8) is 0 Å². The Morgan fingerprint density at radius 2 is 0.523 bits per heavy atom. The zero-order valence-corrected chi connectivity index (χ0v) is 32.5. The second-order valence-corrected chi connectivity index (χ2v) is 13.3. The monoisotopic (exact) mass is 732 g/mol. The quantitative estimate of drug-likeness (QED) is 0.0566. The van der Waals surface area contributed by atoms with Crippen LogP contribution in [0.3, 0.4) is 0 Å². The molecule has 0 rings (SSSR count). The van der Waals surface area contributed by atoms with Crippen molar-refractivity contribution in [3.05, 3.63) is 0 Å². The van der Waals surface area contributed by atoms with E-state index in [-0.39, 0.29) is 19.3 Å². The molecule has 0 heterocycles. The maximum absolute atomic E-state index is 9.98. The van der Waals surface area contributed by atoms with Crippen molar-refractivity contribution in [2.75, 3.05) is 0 Å². The Morgan fingerprint density at radius 3 is 0.705 bits per heavy atom. The first-order valence-corrected chi connectivity index (χ1v) is 20.5. The van der Waals surface area contributed by atoms with Gasteiger partial charge in [-0.2, -0.15) is 0 Å². The predicted molar refractivity (Wildman–Crippen MR) is 182 cm³/mol. The van der Waals surface area contributed by atoms with Crippen LogP contribution < -0.4 is 15.3 Å². The third kappa shape index (κ3) is 68.4. The van der Waals surface area contributed by atoms with E-state index in [2.05, 4.69) is 27.7 Å². The topological polar surface area (TPSA) is 120 Å². The van der Waals surface area contributed by atoms with Crippen LogP contribution in [0.4, 0.5) is 0 Å². The summed E-state index contributed by atoms with van der Waals surface area (Å²) in [7, 11) is 0. The SMILES string of the molecule is CCCCCCCCC(=O)[O-].CCCCCCCCC(=O)[O-].CCCCCCCCC(=O)[O-].CCCCCCCCC[CH2][Sn+3]. The first-order chi connectivity index (χ1) is 21.2. The molecule has 0 N–H and O–H groups in total. The van der Waals surface area contributed by atoms with E-state index in [1.807, 2.05) is 0 Å². The molecule has 0 bridgehead atoms. The average molecular weight is 732 g/mol. The predicted octanol–water partition coefficient (Wildman–Crippen LogP) is 8.17. The van der Waals surface area contributed by atoms with Crippen molar-refractivity contribution in [1.82, 2.24) is 0 Å². The fraction of sp³-hybridized carbons (Fsp3) is 0.919. The number of carboxylic acids is 3. The summed E-state index contributed by atoms with van der Waals surface area (Å²) in [6, 6.07) is 0. The number of rotatable bonds is 29. The van der Waals surface area contributed by atoms with Gasteiger partial charge in [-0.3, -0.25) is 0 Å². The second-order valence-electron chi connectivity index (χ2n) is 11.9. The van der Waals surface area contributed by atoms with Gasteiger partial charge in [-0.15, -0.1) is 0 Å². The molecule has 6 nitrogen and oxygen atoms in total. The molecule has 0 aromatic heterocycles. The van der Waals surface area contributed by atoms with E-state index in [0.29, 0.717) is 0 Å². The third-order valence-electron chi connectivity index (χ3n) is 7.23. The molecule has 0 aromatic carbocycles. The van der Waals surface area contributed by atoms with E-state index in [1.54, 1.807) is 22.5 Å². The first kappa shape index (κ1) is 50.1. The third-order valence-corrected chi connectivity index (χ3v) is 8.24. The molecule has 260 valence electrons. The summed E-state index contributed by atoms with van der Waals surface area (Å²) >= 11 is 1.71. The Kier molecular flexibility index (Phi) is 55.9. The summed E-state index contributed by atoms with van der Waals surface area (Å²) < 4.78 is 1.46. The Labute approximate surface area is 287 Å². The fourth-order valence-electron chi connectivity index (χ4n) is 4.41. The second kappa shape index (κ2) is 49.1. The fourth-order valence-corrected chi connectivity index (χ4v) is 5.12. The van der Waals surface area contributed by atoms with Gasteiger partial charge in [-0.05, 0) is 38.5 Å². The molecule has 0 radical (unpaired) electrons. The zero-order chi connectivity index (χ0) is 33.9. The van der Waals surface area contributed by atoms with Crippen LogP contribution in [-0.4, -0.2) is 40.4 Å². The van der Waals surface area contributed by atoms with Gasteiger partial charge < -0.3 is 29.7 Å². The molecule has 0 aliphatic heterocycles. The normalized spacial score (nSPS) is 10.0. The number of carbonyl (C=O) groups excluding carboxylic acids is 3. The Hall–Kier alpha value is -0.791. The number of hydrogen-bond donors (Lipinski definition) is 0. The van der Waals surface area contributed by atoms with Crippen molar-refractivity contribution in [2.24, 2.45) is 0 Å². The number of aliphatic carboxylic acids is 3. The van der Waals surface area contributed by atoms with Crippen LogP contribution in [0.2, 0.25) is 4.44 Å². The van der Waals surface area contributed by atoms with Gasteiger partial charge in [0.25, 0.3) is 0 Å². The van der Waals surface area contributed by atoms with Crippen LogP contribution in [0.1, 0.15) is 214 Å². The maximum atomic E-state index is 9.98. The van der Waals surface area contributed by atoms with Crippen molar-refractivity contribution < 1.29 is 29.7 Å². The van der Waals surface area contributed by atoms with Gasteiger partial charge >= 0.3 is 85.3 Å². The van der Waals surface area contributed by atoms with Gasteiger partial charge in [0.15, 0.2) is 0 Å². The Balaban J connectivity index is -0.000000242. The molecular formula is C37H72O6Sn. The van der Waals surface area contributed by atoms with Crippen LogP contribution >= 0.6 is 0 Å². The standard InChI is InChI=1S/C10H21.3C9H18O2.Sn/c1-3-5-7-9-10-8-6-4-2;3*1-2-3-4-5-6-7-8-9(10)11;/h1,3-10H2,2H3;3*2-8H2,1H3,(H,10,11);/q;;;;+3/p-3. The van der Waals surface area contributed by atoms with E-state index in [9.17, 15) is 29.7 Å². The summed E-state index contributed by atoms with van der Waals surface area (Å²) in [6.07, 6.45) is 32.6.